The van der Waals surface area contributed by atoms with E-state index < -0.39 is 0 Å². The van der Waals surface area contributed by atoms with Crippen LogP contribution in [0.25, 0.3) is 6.08 Å². The number of hydrogen-bond donors (Lipinski definition) is 0. The molecule has 1 aliphatic rings. The van der Waals surface area contributed by atoms with E-state index in [-0.39, 0.29) is 12.0 Å². The summed E-state index contributed by atoms with van der Waals surface area (Å²) in [5.41, 5.74) is 1.57. The van der Waals surface area contributed by atoms with Gasteiger partial charge in [-0.2, -0.15) is 5.10 Å². The molecule has 0 aromatic carbocycles. The molecule has 0 radical (unpaired) electrons. The Labute approximate surface area is 178 Å². The molecule has 162 valence electrons. The van der Waals surface area contributed by atoms with E-state index >= 15 is 0 Å². The number of halogens is 1. The van der Waals surface area contributed by atoms with E-state index in [0.717, 1.165) is 24.2 Å². The molecule has 1 aliphatic heterocycles. The SMILES string of the molecule is Cc1nn(CC(C)C)c(Cl)c1/C=C/C(=O)N1CCCN(C(=O)OCC(C)C)CC1. The molecule has 0 N–H and O–H groups in total. The summed E-state index contributed by atoms with van der Waals surface area (Å²) in [6.07, 6.45) is 3.71. The lowest BCUT2D eigenvalue weighted by molar-refractivity contribution is -0.125. The Bertz CT molecular complexity index is 743. The van der Waals surface area contributed by atoms with Crippen LogP contribution in [0.2, 0.25) is 5.15 Å². The van der Waals surface area contributed by atoms with Crippen LogP contribution in [-0.4, -0.2) is 64.4 Å². The van der Waals surface area contributed by atoms with E-state index in [2.05, 4.69) is 18.9 Å². The monoisotopic (exact) mass is 424 g/mol. The molecule has 1 fully saturated rings. The molecule has 0 bridgehead atoms. The quantitative estimate of drug-likeness (QED) is 0.650. The largest absolute Gasteiger partial charge is 0.449 e. The normalized spacial score (nSPS) is 15.4. The third-order valence-electron chi connectivity index (χ3n) is 4.65. The van der Waals surface area contributed by atoms with Gasteiger partial charge in [-0.3, -0.25) is 9.48 Å². The number of aromatic nitrogens is 2. The number of hydrogen-bond acceptors (Lipinski definition) is 4. The fraction of sp³-hybridized carbons (Fsp3) is 0.667. The van der Waals surface area contributed by atoms with Crippen LogP contribution in [-0.2, 0) is 16.1 Å². The number of carbonyl (C=O) groups is 2. The summed E-state index contributed by atoms with van der Waals surface area (Å²) in [4.78, 5) is 28.3. The van der Waals surface area contributed by atoms with Crippen LogP contribution in [0.1, 0.15) is 45.4 Å². The Morgan fingerprint density at radius 2 is 1.76 bits per heavy atom. The zero-order valence-corrected chi connectivity index (χ0v) is 18.9. The average Bonchev–Trinajstić information content (AvgIpc) is 2.82. The maximum atomic E-state index is 12.7. The molecule has 2 heterocycles. The number of carbonyl (C=O) groups excluding carboxylic acids is 2. The van der Waals surface area contributed by atoms with Gasteiger partial charge in [0.1, 0.15) is 5.15 Å². The molecule has 2 amide bonds. The van der Waals surface area contributed by atoms with Crippen molar-refractivity contribution in [3.05, 3.63) is 22.5 Å². The molecule has 0 unspecified atom stereocenters. The van der Waals surface area contributed by atoms with Crippen LogP contribution in [0.5, 0.6) is 0 Å². The van der Waals surface area contributed by atoms with Crippen molar-refractivity contribution in [2.45, 2.75) is 47.6 Å². The van der Waals surface area contributed by atoms with Crippen molar-refractivity contribution in [1.29, 1.82) is 0 Å². The van der Waals surface area contributed by atoms with E-state index in [1.807, 2.05) is 20.8 Å². The Hall–Kier alpha value is -2.02. The summed E-state index contributed by atoms with van der Waals surface area (Å²) in [5.74, 6) is 0.640. The number of rotatable bonds is 6. The minimum Gasteiger partial charge on any atom is -0.449 e. The highest BCUT2D eigenvalue weighted by atomic mass is 35.5. The highest BCUT2D eigenvalue weighted by molar-refractivity contribution is 6.31. The lowest BCUT2D eigenvalue weighted by atomic mass is 10.2. The van der Waals surface area contributed by atoms with Crippen molar-refractivity contribution in [2.24, 2.45) is 11.8 Å². The van der Waals surface area contributed by atoms with Gasteiger partial charge in [0.15, 0.2) is 0 Å². The van der Waals surface area contributed by atoms with Crippen LogP contribution >= 0.6 is 11.6 Å². The van der Waals surface area contributed by atoms with E-state index in [9.17, 15) is 9.59 Å². The number of ether oxygens (including phenoxy) is 1. The average molecular weight is 425 g/mol. The fourth-order valence-electron chi connectivity index (χ4n) is 3.13. The Balaban J connectivity index is 1.96. The summed E-state index contributed by atoms with van der Waals surface area (Å²) in [5, 5.41) is 5.02. The van der Waals surface area contributed by atoms with Crippen molar-refractivity contribution in [1.82, 2.24) is 19.6 Å². The van der Waals surface area contributed by atoms with Gasteiger partial charge in [-0.15, -0.1) is 0 Å². The van der Waals surface area contributed by atoms with Crippen molar-refractivity contribution >= 4 is 29.7 Å². The van der Waals surface area contributed by atoms with Gasteiger partial charge >= 0.3 is 6.09 Å². The highest BCUT2D eigenvalue weighted by Gasteiger charge is 2.22. The topological polar surface area (TPSA) is 67.7 Å². The molecule has 1 aromatic heterocycles. The number of amides is 2. The number of nitrogens with zero attached hydrogens (tertiary/aromatic N) is 4. The van der Waals surface area contributed by atoms with Gasteiger partial charge in [-0.05, 0) is 31.3 Å². The second-order valence-corrected chi connectivity index (χ2v) is 8.69. The van der Waals surface area contributed by atoms with E-state index in [0.29, 0.717) is 49.8 Å². The Morgan fingerprint density at radius 3 is 2.41 bits per heavy atom. The lowest BCUT2D eigenvalue weighted by Crippen LogP contribution is -2.37. The van der Waals surface area contributed by atoms with E-state index in [4.69, 9.17) is 16.3 Å². The first-order valence-corrected chi connectivity index (χ1v) is 10.7. The van der Waals surface area contributed by atoms with Crippen LogP contribution in [0.4, 0.5) is 4.79 Å². The van der Waals surface area contributed by atoms with Crippen LogP contribution < -0.4 is 0 Å². The van der Waals surface area contributed by atoms with Gasteiger partial charge in [0.05, 0.1) is 12.3 Å². The van der Waals surface area contributed by atoms with E-state index in [1.54, 1.807) is 26.6 Å². The van der Waals surface area contributed by atoms with Crippen molar-refractivity contribution in [3.8, 4) is 0 Å². The molecular weight excluding hydrogens is 392 g/mol. The molecule has 1 aromatic rings. The lowest BCUT2D eigenvalue weighted by Gasteiger charge is -2.21. The maximum absolute atomic E-state index is 12.7. The van der Waals surface area contributed by atoms with Gasteiger partial charge < -0.3 is 14.5 Å². The van der Waals surface area contributed by atoms with Crippen LogP contribution in [0.3, 0.4) is 0 Å². The first-order chi connectivity index (χ1) is 13.7. The van der Waals surface area contributed by atoms with Gasteiger partial charge in [0.25, 0.3) is 0 Å². The first-order valence-electron chi connectivity index (χ1n) is 10.3. The number of aryl methyl sites for hydroxylation is 1. The summed E-state index contributed by atoms with van der Waals surface area (Å²) in [6, 6.07) is 0. The molecular formula is C21H33ClN4O3. The predicted molar refractivity (Wildman–Crippen MR) is 115 cm³/mol. The summed E-state index contributed by atoms with van der Waals surface area (Å²) >= 11 is 6.44. The predicted octanol–water partition coefficient (Wildman–Crippen LogP) is 3.84. The minimum atomic E-state index is -0.302. The molecule has 0 saturated carbocycles. The molecule has 8 heteroatoms. The minimum absolute atomic E-state index is 0.0884. The Morgan fingerprint density at radius 1 is 1.10 bits per heavy atom. The molecule has 7 nitrogen and oxygen atoms in total. The smallest absolute Gasteiger partial charge is 0.409 e. The van der Waals surface area contributed by atoms with Crippen molar-refractivity contribution in [3.63, 3.8) is 0 Å². The van der Waals surface area contributed by atoms with Gasteiger partial charge in [-0.25, -0.2) is 4.79 Å². The zero-order valence-electron chi connectivity index (χ0n) is 18.2. The van der Waals surface area contributed by atoms with Crippen molar-refractivity contribution < 1.29 is 14.3 Å². The first kappa shape index (κ1) is 23.3. The van der Waals surface area contributed by atoms with Gasteiger partial charge in [-0.1, -0.05) is 39.3 Å². The van der Waals surface area contributed by atoms with Crippen molar-refractivity contribution in [2.75, 3.05) is 32.8 Å². The molecule has 1 saturated heterocycles. The molecule has 0 atom stereocenters. The summed E-state index contributed by atoms with van der Waals surface area (Å²) < 4.78 is 7.08. The van der Waals surface area contributed by atoms with Gasteiger partial charge in [0.2, 0.25) is 5.91 Å². The standard InChI is InChI=1S/C21H33ClN4O3/c1-15(2)13-26-20(22)18(17(5)23-26)7-8-19(27)24-9-6-10-25(12-11-24)21(28)29-14-16(3)4/h7-8,15-16H,6,9-14H2,1-5H3/b8-7+. The molecule has 0 spiro atoms. The summed E-state index contributed by atoms with van der Waals surface area (Å²) in [6.45, 7) is 13.4. The third kappa shape index (κ3) is 6.77. The Kier molecular flexibility index (Phi) is 8.56. The summed E-state index contributed by atoms with van der Waals surface area (Å²) in [7, 11) is 0. The molecule has 0 aliphatic carbocycles. The third-order valence-corrected chi connectivity index (χ3v) is 5.04. The van der Waals surface area contributed by atoms with E-state index in [1.165, 1.54) is 0 Å². The van der Waals surface area contributed by atoms with Crippen LogP contribution in [0, 0.1) is 18.8 Å². The molecule has 29 heavy (non-hydrogen) atoms. The second kappa shape index (κ2) is 10.7. The maximum Gasteiger partial charge on any atom is 0.409 e. The van der Waals surface area contributed by atoms with Crippen LogP contribution in [0.15, 0.2) is 6.08 Å². The zero-order chi connectivity index (χ0) is 21.6. The second-order valence-electron chi connectivity index (χ2n) is 8.34. The van der Waals surface area contributed by atoms with Gasteiger partial charge in [0, 0.05) is 44.4 Å². The fourth-order valence-corrected chi connectivity index (χ4v) is 3.44. The molecule has 2 rings (SSSR count). The highest BCUT2D eigenvalue weighted by Crippen LogP contribution is 2.22.